The van der Waals surface area contributed by atoms with Crippen LogP contribution in [-0.4, -0.2) is 51.0 Å². The maximum absolute atomic E-state index is 4.55. The van der Waals surface area contributed by atoms with Crippen molar-refractivity contribution in [3.8, 4) is 0 Å². The van der Waals surface area contributed by atoms with Crippen LogP contribution in [0, 0.1) is 6.92 Å². The highest BCUT2D eigenvalue weighted by molar-refractivity contribution is 5.81. The van der Waals surface area contributed by atoms with Crippen molar-refractivity contribution < 1.29 is 0 Å². The van der Waals surface area contributed by atoms with Gasteiger partial charge in [0.2, 0.25) is 0 Å². The van der Waals surface area contributed by atoms with Crippen LogP contribution in [0.5, 0.6) is 0 Å². The van der Waals surface area contributed by atoms with E-state index < -0.39 is 0 Å². The highest BCUT2D eigenvalue weighted by Gasteiger charge is 2.18. The lowest BCUT2D eigenvalue weighted by molar-refractivity contribution is 0.246. The number of benzene rings is 1. The van der Waals surface area contributed by atoms with Crippen molar-refractivity contribution >= 4 is 16.6 Å². The van der Waals surface area contributed by atoms with Crippen molar-refractivity contribution in [2.24, 2.45) is 0 Å². The fraction of sp³-hybridized carbons (Fsp3) is 0.333. The topological polar surface area (TPSA) is 58.0 Å². The molecule has 2 aromatic heterocycles. The molecule has 1 aliphatic rings. The Morgan fingerprint density at radius 1 is 1.00 bits per heavy atom. The molecule has 6 nitrogen and oxygen atoms in total. The first-order chi connectivity index (χ1) is 11.8. The van der Waals surface area contributed by atoms with Gasteiger partial charge in [-0.3, -0.25) is 14.9 Å². The normalized spacial score (nSPS) is 15.8. The number of aryl methyl sites for hydroxylation is 1. The molecule has 1 saturated heterocycles. The van der Waals surface area contributed by atoms with E-state index in [1.54, 1.807) is 12.5 Å². The molecule has 6 heteroatoms. The molecule has 0 aliphatic carbocycles. The summed E-state index contributed by atoms with van der Waals surface area (Å²) in [6.45, 7) is 6.93. The molecule has 0 bridgehead atoms. The van der Waals surface area contributed by atoms with Crippen LogP contribution in [0.25, 0.3) is 10.9 Å². The summed E-state index contributed by atoms with van der Waals surface area (Å²) in [7, 11) is 0. The Labute approximate surface area is 141 Å². The SMILES string of the molecule is Cc1cncc(CN2CCN(c3ccc4ncncc4c3)CC2)n1. The fourth-order valence-corrected chi connectivity index (χ4v) is 3.15. The van der Waals surface area contributed by atoms with E-state index in [9.17, 15) is 0 Å². The van der Waals surface area contributed by atoms with Crippen molar-refractivity contribution in [3.05, 3.63) is 54.5 Å². The maximum Gasteiger partial charge on any atom is 0.116 e. The molecule has 1 fully saturated rings. The second kappa shape index (κ2) is 6.49. The maximum atomic E-state index is 4.55. The summed E-state index contributed by atoms with van der Waals surface area (Å²) in [6.07, 6.45) is 7.13. The number of fused-ring (bicyclic) bond motifs is 1. The lowest BCUT2D eigenvalue weighted by Gasteiger charge is -2.36. The molecule has 1 aromatic carbocycles. The van der Waals surface area contributed by atoms with Gasteiger partial charge in [0.1, 0.15) is 6.33 Å². The molecular formula is C18H20N6. The first kappa shape index (κ1) is 15.0. The van der Waals surface area contributed by atoms with E-state index in [-0.39, 0.29) is 0 Å². The monoisotopic (exact) mass is 320 g/mol. The zero-order valence-corrected chi connectivity index (χ0v) is 13.8. The van der Waals surface area contributed by atoms with Crippen LogP contribution >= 0.6 is 0 Å². The van der Waals surface area contributed by atoms with E-state index in [2.05, 4.69) is 47.9 Å². The first-order valence-corrected chi connectivity index (χ1v) is 8.22. The second-order valence-electron chi connectivity index (χ2n) is 6.18. The number of anilines is 1. The Hall–Kier alpha value is -2.60. The van der Waals surface area contributed by atoms with Crippen LogP contribution < -0.4 is 4.90 Å². The van der Waals surface area contributed by atoms with Crippen molar-refractivity contribution in [2.45, 2.75) is 13.5 Å². The lowest BCUT2D eigenvalue weighted by Crippen LogP contribution is -2.46. The summed E-state index contributed by atoms with van der Waals surface area (Å²) in [5.74, 6) is 0. The molecule has 0 amide bonds. The van der Waals surface area contributed by atoms with Gasteiger partial charge in [0.05, 0.1) is 16.9 Å². The van der Waals surface area contributed by atoms with Crippen molar-refractivity contribution in [2.75, 3.05) is 31.1 Å². The predicted octanol–water partition coefficient (Wildman–Crippen LogP) is 2.05. The molecule has 0 spiro atoms. The van der Waals surface area contributed by atoms with Crippen molar-refractivity contribution in [1.29, 1.82) is 0 Å². The van der Waals surface area contributed by atoms with Gasteiger partial charge in [-0.15, -0.1) is 0 Å². The third-order valence-electron chi connectivity index (χ3n) is 4.42. The van der Waals surface area contributed by atoms with E-state index >= 15 is 0 Å². The molecule has 1 aliphatic heterocycles. The molecular weight excluding hydrogens is 300 g/mol. The van der Waals surface area contributed by atoms with Crippen LogP contribution in [0.2, 0.25) is 0 Å². The number of piperazine rings is 1. The summed E-state index contributed by atoms with van der Waals surface area (Å²) in [4.78, 5) is 22.0. The van der Waals surface area contributed by atoms with Crippen LogP contribution in [0.1, 0.15) is 11.4 Å². The molecule has 0 unspecified atom stereocenters. The summed E-state index contributed by atoms with van der Waals surface area (Å²) < 4.78 is 0. The first-order valence-electron chi connectivity index (χ1n) is 8.22. The van der Waals surface area contributed by atoms with Gasteiger partial charge in [0.15, 0.2) is 0 Å². The van der Waals surface area contributed by atoms with E-state index in [1.165, 1.54) is 5.69 Å². The Bertz CT molecular complexity index is 842. The highest BCUT2D eigenvalue weighted by Crippen LogP contribution is 2.21. The number of rotatable bonds is 3. The number of hydrogen-bond donors (Lipinski definition) is 0. The van der Waals surface area contributed by atoms with E-state index in [1.807, 2.05) is 19.3 Å². The largest absolute Gasteiger partial charge is 0.369 e. The van der Waals surface area contributed by atoms with Crippen molar-refractivity contribution in [1.82, 2.24) is 24.8 Å². The van der Waals surface area contributed by atoms with Gasteiger partial charge in [0.25, 0.3) is 0 Å². The number of hydrogen-bond acceptors (Lipinski definition) is 6. The average molecular weight is 320 g/mol. The predicted molar refractivity (Wildman–Crippen MR) is 93.8 cm³/mol. The van der Waals surface area contributed by atoms with Gasteiger partial charge >= 0.3 is 0 Å². The third kappa shape index (κ3) is 3.19. The number of nitrogens with zero attached hydrogens (tertiary/aromatic N) is 6. The van der Waals surface area contributed by atoms with E-state index in [0.29, 0.717) is 0 Å². The Morgan fingerprint density at radius 2 is 1.88 bits per heavy atom. The summed E-state index contributed by atoms with van der Waals surface area (Å²) in [5.41, 5.74) is 4.26. The average Bonchev–Trinajstić information content (AvgIpc) is 2.62. The van der Waals surface area contributed by atoms with E-state index in [4.69, 9.17) is 0 Å². The minimum atomic E-state index is 0.869. The minimum absolute atomic E-state index is 0.869. The standard InChI is InChI=1S/C18H20N6/c1-14-9-19-11-16(22-14)12-23-4-6-24(7-5-23)17-2-3-18-15(8-17)10-20-13-21-18/h2-3,8-11,13H,4-7,12H2,1H3. The quantitative estimate of drug-likeness (QED) is 0.736. The van der Waals surface area contributed by atoms with Crippen molar-refractivity contribution in [3.63, 3.8) is 0 Å². The van der Waals surface area contributed by atoms with Gasteiger partial charge in [-0.05, 0) is 25.1 Å². The molecule has 4 rings (SSSR count). The third-order valence-corrected chi connectivity index (χ3v) is 4.42. The molecule has 0 N–H and O–H groups in total. The molecule has 24 heavy (non-hydrogen) atoms. The van der Waals surface area contributed by atoms with Gasteiger partial charge < -0.3 is 4.90 Å². The summed E-state index contributed by atoms with van der Waals surface area (Å²) in [5, 5.41) is 1.09. The second-order valence-corrected chi connectivity index (χ2v) is 6.18. The molecule has 122 valence electrons. The molecule has 3 aromatic rings. The van der Waals surface area contributed by atoms with Crippen LogP contribution in [0.4, 0.5) is 5.69 Å². The molecule has 3 heterocycles. The summed E-state index contributed by atoms with van der Waals surface area (Å²) in [6, 6.07) is 6.40. The summed E-state index contributed by atoms with van der Waals surface area (Å²) >= 11 is 0. The van der Waals surface area contributed by atoms with Crippen LogP contribution in [0.15, 0.2) is 43.1 Å². The van der Waals surface area contributed by atoms with E-state index in [0.717, 1.165) is 55.0 Å². The lowest BCUT2D eigenvalue weighted by atomic mass is 10.2. The fourth-order valence-electron chi connectivity index (χ4n) is 3.15. The molecule has 0 radical (unpaired) electrons. The van der Waals surface area contributed by atoms with Gasteiger partial charge in [-0.2, -0.15) is 0 Å². The van der Waals surface area contributed by atoms with Gasteiger partial charge in [-0.25, -0.2) is 9.97 Å². The smallest absolute Gasteiger partial charge is 0.116 e. The van der Waals surface area contributed by atoms with Gasteiger partial charge in [0, 0.05) is 62.4 Å². The Morgan fingerprint density at radius 3 is 2.71 bits per heavy atom. The van der Waals surface area contributed by atoms with Crippen LogP contribution in [-0.2, 0) is 6.54 Å². The minimum Gasteiger partial charge on any atom is -0.369 e. The molecule has 0 saturated carbocycles. The Balaban J connectivity index is 1.41. The zero-order valence-electron chi connectivity index (χ0n) is 13.8. The molecule has 0 atom stereocenters. The number of aromatic nitrogens is 4. The highest BCUT2D eigenvalue weighted by atomic mass is 15.3. The van der Waals surface area contributed by atoms with Gasteiger partial charge in [-0.1, -0.05) is 0 Å². The Kier molecular flexibility index (Phi) is 4.04. The zero-order chi connectivity index (χ0) is 16.4. The van der Waals surface area contributed by atoms with Crippen LogP contribution in [0.3, 0.4) is 0 Å².